The lowest BCUT2D eigenvalue weighted by molar-refractivity contribution is -0.123. The molecule has 0 saturated carbocycles. The maximum absolute atomic E-state index is 13.9. The highest BCUT2D eigenvalue weighted by atomic mass is 35.5. The van der Waals surface area contributed by atoms with Crippen molar-refractivity contribution >= 4 is 41.0 Å². The summed E-state index contributed by atoms with van der Waals surface area (Å²) in [5, 5.41) is 8.16. The Morgan fingerprint density at radius 2 is 1.79 bits per heavy atom. The molecule has 2 aromatic heterocycles. The molecule has 0 saturated heterocycles. The maximum Gasteiger partial charge on any atom is 0.240 e. The van der Waals surface area contributed by atoms with Gasteiger partial charge in [-0.25, -0.2) is 4.68 Å². The highest BCUT2D eigenvalue weighted by Gasteiger charge is 2.38. The summed E-state index contributed by atoms with van der Waals surface area (Å²) < 4.78 is 7.47. The first-order chi connectivity index (χ1) is 21.0. The summed E-state index contributed by atoms with van der Waals surface area (Å²) in [5.74, 6) is 0.814. The van der Waals surface area contributed by atoms with Crippen LogP contribution in [-0.4, -0.2) is 46.0 Å². The van der Waals surface area contributed by atoms with Gasteiger partial charge in [0.05, 0.1) is 34.5 Å². The number of para-hydroxylation sites is 2. The molecule has 1 N–H and O–H groups in total. The third-order valence-corrected chi connectivity index (χ3v) is 8.71. The molecule has 1 atom stereocenters. The van der Waals surface area contributed by atoms with E-state index in [4.69, 9.17) is 21.4 Å². The van der Waals surface area contributed by atoms with Crippen LogP contribution >= 0.6 is 23.4 Å². The molecule has 2 amide bonds. The number of halogens is 1. The first-order valence-corrected chi connectivity index (χ1v) is 15.1. The molecule has 0 radical (unpaired) electrons. The zero-order chi connectivity index (χ0) is 29.8. The van der Waals surface area contributed by atoms with E-state index in [1.165, 1.54) is 16.7 Å². The number of fused-ring (bicyclic) bond motifs is 1. The lowest BCUT2D eigenvalue weighted by Gasteiger charge is -2.24. The Kier molecular flexibility index (Phi) is 8.44. The predicted octanol–water partition coefficient (Wildman–Crippen LogP) is 6.08. The van der Waals surface area contributed by atoms with E-state index in [2.05, 4.69) is 10.3 Å². The van der Waals surface area contributed by atoms with Crippen LogP contribution in [0.4, 0.5) is 5.82 Å². The van der Waals surface area contributed by atoms with Gasteiger partial charge in [-0.15, -0.1) is 11.8 Å². The lowest BCUT2D eigenvalue weighted by atomic mass is 9.99. The first-order valence-electron chi connectivity index (χ1n) is 13.7. The van der Waals surface area contributed by atoms with Crippen molar-refractivity contribution in [2.75, 3.05) is 24.3 Å². The summed E-state index contributed by atoms with van der Waals surface area (Å²) in [4.78, 5) is 33.0. The number of hydrogen-bond donors (Lipinski definition) is 1. The number of ether oxygens (including phenoxy) is 1. The molecule has 0 spiro atoms. The minimum Gasteiger partial charge on any atom is -0.496 e. The monoisotopic (exact) mass is 609 g/mol. The summed E-state index contributed by atoms with van der Waals surface area (Å²) >= 11 is 8.21. The minimum absolute atomic E-state index is 0.143. The van der Waals surface area contributed by atoms with Crippen molar-refractivity contribution in [3.8, 4) is 22.7 Å². The van der Waals surface area contributed by atoms with E-state index in [0.717, 1.165) is 22.3 Å². The van der Waals surface area contributed by atoms with Gasteiger partial charge in [0.25, 0.3) is 0 Å². The van der Waals surface area contributed by atoms with Crippen LogP contribution in [0.25, 0.3) is 16.9 Å². The fourth-order valence-corrected chi connectivity index (χ4v) is 6.59. The second-order valence-corrected chi connectivity index (χ2v) is 11.4. The summed E-state index contributed by atoms with van der Waals surface area (Å²) in [6.45, 7) is 0.0921. The van der Waals surface area contributed by atoms with Gasteiger partial charge in [0.1, 0.15) is 18.1 Å². The third-order valence-electron chi connectivity index (χ3n) is 7.15. The number of nitrogens with zero attached hydrogens (tertiary/aromatic N) is 4. The average molecular weight is 610 g/mol. The standard InChI is InChI=1S/C33H28ClN5O3S/c1-42-27-16-8-5-13-24(27)32-30-31(23-11-3-2-4-12-23)37-39(26-15-7-6-14-25(26)34)33(30)38(29(41)21-43-32)20-28(40)36-19-22-10-9-17-35-18-22/h2-18,32H,19-21H2,1H3,(H,36,40). The smallest absolute Gasteiger partial charge is 0.240 e. The van der Waals surface area contributed by atoms with Gasteiger partial charge in [-0.2, -0.15) is 5.10 Å². The van der Waals surface area contributed by atoms with Crippen molar-refractivity contribution in [2.45, 2.75) is 11.8 Å². The second kappa shape index (κ2) is 12.7. The average Bonchev–Trinajstić information content (AvgIpc) is 3.37. The van der Waals surface area contributed by atoms with E-state index in [0.29, 0.717) is 34.5 Å². The van der Waals surface area contributed by atoms with Gasteiger partial charge in [0, 0.05) is 35.6 Å². The van der Waals surface area contributed by atoms with Gasteiger partial charge in [0.15, 0.2) is 0 Å². The van der Waals surface area contributed by atoms with Crippen molar-refractivity contribution < 1.29 is 14.3 Å². The fraction of sp³-hybridized carbons (Fsp3) is 0.152. The summed E-state index contributed by atoms with van der Waals surface area (Å²) in [7, 11) is 1.64. The molecular formula is C33H28ClN5O3S. The molecule has 10 heteroatoms. The number of nitrogens with one attached hydrogen (secondary N) is 1. The van der Waals surface area contributed by atoms with Crippen LogP contribution in [-0.2, 0) is 16.1 Å². The SMILES string of the molecule is COc1ccccc1C1SCC(=O)N(CC(=O)NCc2cccnc2)c2c1c(-c1ccccc1)nn2-c1ccccc1Cl. The van der Waals surface area contributed by atoms with Crippen LogP contribution in [0.3, 0.4) is 0 Å². The van der Waals surface area contributed by atoms with Gasteiger partial charge >= 0.3 is 0 Å². The van der Waals surface area contributed by atoms with Crippen molar-refractivity contribution in [3.63, 3.8) is 0 Å². The normalized spacial score (nSPS) is 14.6. The molecule has 1 aliphatic rings. The summed E-state index contributed by atoms with van der Waals surface area (Å²) in [6, 6.07) is 28.6. The quantitative estimate of drug-likeness (QED) is 0.229. The van der Waals surface area contributed by atoms with Gasteiger partial charge < -0.3 is 10.1 Å². The summed E-state index contributed by atoms with van der Waals surface area (Å²) in [5.41, 5.74) is 4.73. The van der Waals surface area contributed by atoms with Crippen LogP contribution in [0.1, 0.15) is 21.9 Å². The van der Waals surface area contributed by atoms with Crippen molar-refractivity contribution in [1.82, 2.24) is 20.1 Å². The first kappa shape index (κ1) is 28.5. The molecule has 6 rings (SSSR count). The number of pyridine rings is 1. The van der Waals surface area contributed by atoms with E-state index in [1.807, 2.05) is 84.9 Å². The molecule has 43 heavy (non-hydrogen) atoms. The summed E-state index contributed by atoms with van der Waals surface area (Å²) in [6.07, 6.45) is 3.38. The number of hydrogen-bond acceptors (Lipinski definition) is 6. The Hall–Kier alpha value is -4.60. The number of methoxy groups -OCH3 is 1. The van der Waals surface area contributed by atoms with E-state index < -0.39 is 0 Å². The number of amides is 2. The third kappa shape index (κ3) is 5.86. The highest BCUT2D eigenvalue weighted by Crippen LogP contribution is 2.50. The van der Waals surface area contributed by atoms with Crippen LogP contribution in [0.15, 0.2) is 103 Å². The van der Waals surface area contributed by atoms with Crippen LogP contribution in [0, 0.1) is 0 Å². The van der Waals surface area contributed by atoms with Crippen LogP contribution in [0.5, 0.6) is 5.75 Å². The Bertz CT molecular complexity index is 1760. The zero-order valence-corrected chi connectivity index (χ0v) is 24.9. The molecular weight excluding hydrogens is 582 g/mol. The Morgan fingerprint density at radius 1 is 1.02 bits per heavy atom. The fourth-order valence-electron chi connectivity index (χ4n) is 5.15. The van der Waals surface area contributed by atoms with Gasteiger partial charge in [-0.05, 0) is 29.8 Å². The van der Waals surface area contributed by atoms with Gasteiger partial charge in [0.2, 0.25) is 11.8 Å². The van der Waals surface area contributed by atoms with Crippen LogP contribution in [0.2, 0.25) is 5.02 Å². The predicted molar refractivity (Wildman–Crippen MR) is 170 cm³/mol. The molecule has 5 aromatic rings. The van der Waals surface area contributed by atoms with Gasteiger partial charge in [-0.1, -0.05) is 78.3 Å². The Labute approximate surface area is 258 Å². The molecule has 216 valence electrons. The molecule has 3 heterocycles. The van der Waals surface area contributed by atoms with Crippen molar-refractivity contribution in [3.05, 3.63) is 125 Å². The number of anilines is 1. The van der Waals surface area contributed by atoms with E-state index in [-0.39, 0.29) is 29.4 Å². The minimum atomic E-state index is -0.329. The van der Waals surface area contributed by atoms with Crippen molar-refractivity contribution in [2.24, 2.45) is 0 Å². The molecule has 0 bridgehead atoms. The number of rotatable bonds is 8. The highest BCUT2D eigenvalue weighted by molar-refractivity contribution is 8.00. The maximum atomic E-state index is 13.9. The number of carbonyl (C=O) groups excluding carboxylic acids is 2. The molecule has 3 aromatic carbocycles. The zero-order valence-electron chi connectivity index (χ0n) is 23.3. The molecule has 0 aliphatic carbocycles. The molecule has 1 unspecified atom stereocenters. The topological polar surface area (TPSA) is 89.3 Å². The molecule has 8 nitrogen and oxygen atoms in total. The number of thioether (sulfide) groups is 1. The lowest BCUT2D eigenvalue weighted by Crippen LogP contribution is -2.42. The Balaban J connectivity index is 1.55. The van der Waals surface area contributed by atoms with Crippen LogP contribution < -0.4 is 15.0 Å². The molecule has 0 fully saturated rings. The number of aromatic nitrogens is 3. The van der Waals surface area contributed by atoms with E-state index in [1.54, 1.807) is 30.3 Å². The second-order valence-electron chi connectivity index (χ2n) is 9.87. The van der Waals surface area contributed by atoms with E-state index in [9.17, 15) is 9.59 Å². The Morgan fingerprint density at radius 3 is 2.56 bits per heavy atom. The van der Waals surface area contributed by atoms with E-state index >= 15 is 0 Å². The largest absolute Gasteiger partial charge is 0.496 e. The molecule has 1 aliphatic heterocycles. The van der Waals surface area contributed by atoms with Gasteiger partial charge in [-0.3, -0.25) is 19.5 Å². The number of benzene rings is 3. The van der Waals surface area contributed by atoms with Crippen molar-refractivity contribution in [1.29, 1.82) is 0 Å². The number of carbonyl (C=O) groups is 2.